The van der Waals surface area contributed by atoms with Crippen LogP contribution in [0.3, 0.4) is 0 Å². The Morgan fingerprint density at radius 2 is 2.12 bits per heavy atom. The van der Waals surface area contributed by atoms with Gasteiger partial charge in [-0.1, -0.05) is 18.2 Å². The zero-order valence-corrected chi connectivity index (χ0v) is 14.9. The highest BCUT2D eigenvalue weighted by atomic mass is 16.7. The summed E-state index contributed by atoms with van der Waals surface area (Å²) in [7, 11) is 0. The van der Waals surface area contributed by atoms with E-state index in [4.69, 9.17) is 9.47 Å². The fourth-order valence-corrected chi connectivity index (χ4v) is 3.27. The van der Waals surface area contributed by atoms with Crippen molar-refractivity contribution >= 4 is 5.91 Å². The van der Waals surface area contributed by atoms with Crippen LogP contribution in [0.4, 0.5) is 0 Å². The lowest BCUT2D eigenvalue weighted by atomic mass is 9.86. The molecular formula is C18H29NO6. The summed E-state index contributed by atoms with van der Waals surface area (Å²) in [5, 5.41) is 32.1. The Labute approximate surface area is 148 Å². The summed E-state index contributed by atoms with van der Waals surface area (Å²) in [6.45, 7) is 7.21. The summed E-state index contributed by atoms with van der Waals surface area (Å²) in [5.74, 6) is 0.134. The Hall–Kier alpha value is -1.25. The van der Waals surface area contributed by atoms with Crippen LogP contribution in [0.15, 0.2) is 23.8 Å². The Balaban J connectivity index is 1.99. The van der Waals surface area contributed by atoms with Gasteiger partial charge in [0.1, 0.15) is 24.4 Å². The first-order valence-electron chi connectivity index (χ1n) is 8.68. The van der Waals surface area contributed by atoms with E-state index in [2.05, 4.69) is 18.0 Å². The quantitative estimate of drug-likeness (QED) is 0.509. The molecule has 25 heavy (non-hydrogen) atoms. The number of hydrogen-bond acceptors (Lipinski definition) is 6. The monoisotopic (exact) mass is 355 g/mol. The van der Waals surface area contributed by atoms with Crippen LogP contribution in [0.1, 0.15) is 33.1 Å². The molecule has 142 valence electrons. The number of aliphatic hydroxyl groups excluding tert-OH is 3. The van der Waals surface area contributed by atoms with Gasteiger partial charge in [0.05, 0.1) is 13.2 Å². The average Bonchev–Trinajstić information content (AvgIpc) is 2.58. The SMILES string of the molecule is C=C(C)[C@@H]1CC=C(COC2OC(CO)C(O)C(O)C2NC(C)=O)CC1. The molecule has 1 fully saturated rings. The number of allylic oxidation sites excluding steroid dienone is 2. The lowest BCUT2D eigenvalue weighted by molar-refractivity contribution is -0.267. The van der Waals surface area contributed by atoms with Crippen molar-refractivity contribution in [2.45, 2.75) is 63.8 Å². The molecule has 1 aliphatic heterocycles. The molecule has 4 N–H and O–H groups in total. The van der Waals surface area contributed by atoms with Gasteiger partial charge < -0.3 is 30.1 Å². The predicted octanol–water partition coefficient (Wildman–Crippen LogP) is 0.249. The first-order chi connectivity index (χ1) is 11.8. The minimum atomic E-state index is -1.30. The molecule has 0 aromatic heterocycles. The van der Waals surface area contributed by atoms with Gasteiger partial charge in [-0.2, -0.15) is 0 Å². The van der Waals surface area contributed by atoms with Crippen molar-refractivity contribution in [1.82, 2.24) is 5.32 Å². The molecule has 1 amide bonds. The molecule has 0 bridgehead atoms. The highest BCUT2D eigenvalue weighted by Gasteiger charge is 2.45. The first-order valence-corrected chi connectivity index (χ1v) is 8.68. The molecular weight excluding hydrogens is 326 g/mol. The van der Waals surface area contributed by atoms with Gasteiger partial charge in [-0.05, 0) is 37.7 Å². The zero-order valence-electron chi connectivity index (χ0n) is 14.9. The van der Waals surface area contributed by atoms with E-state index in [1.807, 2.05) is 6.92 Å². The van der Waals surface area contributed by atoms with Gasteiger partial charge in [-0.3, -0.25) is 4.79 Å². The van der Waals surface area contributed by atoms with Crippen LogP contribution in [0.25, 0.3) is 0 Å². The van der Waals surface area contributed by atoms with Crippen LogP contribution in [-0.2, 0) is 14.3 Å². The molecule has 7 nitrogen and oxygen atoms in total. The van der Waals surface area contributed by atoms with E-state index >= 15 is 0 Å². The van der Waals surface area contributed by atoms with Crippen LogP contribution in [0, 0.1) is 5.92 Å². The van der Waals surface area contributed by atoms with Crippen molar-refractivity contribution in [2.75, 3.05) is 13.2 Å². The second-order valence-corrected chi connectivity index (χ2v) is 6.92. The number of amides is 1. The van der Waals surface area contributed by atoms with E-state index in [0.29, 0.717) is 12.5 Å². The topological polar surface area (TPSA) is 108 Å². The predicted molar refractivity (Wildman–Crippen MR) is 91.6 cm³/mol. The van der Waals surface area contributed by atoms with Gasteiger partial charge in [-0.15, -0.1) is 0 Å². The molecule has 1 saturated heterocycles. The van der Waals surface area contributed by atoms with E-state index < -0.39 is 37.3 Å². The molecule has 6 atom stereocenters. The summed E-state index contributed by atoms with van der Waals surface area (Å²) >= 11 is 0. The third-order valence-electron chi connectivity index (χ3n) is 4.89. The maximum Gasteiger partial charge on any atom is 0.217 e. The molecule has 0 aromatic carbocycles. The minimum Gasteiger partial charge on any atom is -0.394 e. The highest BCUT2D eigenvalue weighted by Crippen LogP contribution is 2.29. The Morgan fingerprint density at radius 1 is 1.40 bits per heavy atom. The fraction of sp³-hybridized carbons (Fsp3) is 0.722. The number of carbonyl (C=O) groups is 1. The van der Waals surface area contributed by atoms with E-state index in [0.717, 1.165) is 24.8 Å². The highest BCUT2D eigenvalue weighted by molar-refractivity contribution is 5.73. The van der Waals surface area contributed by atoms with Crippen LogP contribution >= 0.6 is 0 Å². The van der Waals surface area contributed by atoms with Gasteiger partial charge in [0.25, 0.3) is 0 Å². The molecule has 0 spiro atoms. The van der Waals surface area contributed by atoms with E-state index in [9.17, 15) is 20.1 Å². The van der Waals surface area contributed by atoms with Crippen molar-refractivity contribution in [3.63, 3.8) is 0 Å². The minimum absolute atomic E-state index is 0.310. The normalized spacial score (nSPS) is 35.8. The van der Waals surface area contributed by atoms with Crippen molar-refractivity contribution in [1.29, 1.82) is 0 Å². The number of ether oxygens (including phenoxy) is 2. The molecule has 2 aliphatic rings. The van der Waals surface area contributed by atoms with E-state index in [1.54, 1.807) is 0 Å². The number of hydrogen-bond donors (Lipinski definition) is 4. The number of nitrogens with one attached hydrogen (secondary N) is 1. The second kappa shape index (κ2) is 8.91. The smallest absolute Gasteiger partial charge is 0.217 e. The molecule has 0 radical (unpaired) electrons. The molecule has 5 unspecified atom stereocenters. The van der Waals surface area contributed by atoms with E-state index in [-0.39, 0.29) is 5.91 Å². The lowest BCUT2D eigenvalue weighted by Crippen LogP contribution is -2.64. The molecule has 1 aliphatic carbocycles. The van der Waals surface area contributed by atoms with Gasteiger partial charge >= 0.3 is 0 Å². The fourth-order valence-electron chi connectivity index (χ4n) is 3.27. The molecule has 7 heteroatoms. The Kier molecular flexibility index (Phi) is 7.15. The second-order valence-electron chi connectivity index (χ2n) is 6.92. The standard InChI is InChI=1S/C18H29NO6/c1-10(2)13-6-4-12(5-7-13)9-24-18-15(19-11(3)21)17(23)16(22)14(8-20)25-18/h4,13-18,20,22-23H,1,5-9H2,2-3H3,(H,19,21)/t13-,14?,15?,16?,17?,18?/m1/s1. The maximum absolute atomic E-state index is 11.4. The largest absolute Gasteiger partial charge is 0.394 e. The number of aliphatic hydroxyl groups is 3. The third-order valence-corrected chi connectivity index (χ3v) is 4.89. The zero-order chi connectivity index (χ0) is 18.6. The van der Waals surface area contributed by atoms with Gasteiger partial charge in [0.2, 0.25) is 5.91 Å². The molecule has 2 rings (SSSR count). The Bertz CT molecular complexity index is 520. The van der Waals surface area contributed by atoms with Crippen LogP contribution < -0.4 is 5.32 Å². The van der Waals surface area contributed by atoms with Gasteiger partial charge in [0, 0.05) is 6.92 Å². The molecule has 1 heterocycles. The number of rotatable bonds is 6. The van der Waals surface area contributed by atoms with Crippen molar-refractivity contribution in [2.24, 2.45) is 5.92 Å². The lowest BCUT2D eigenvalue weighted by Gasteiger charge is -2.42. The van der Waals surface area contributed by atoms with Crippen molar-refractivity contribution < 1.29 is 29.6 Å². The molecule has 0 saturated carbocycles. The van der Waals surface area contributed by atoms with Crippen molar-refractivity contribution in [3.05, 3.63) is 23.8 Å². The van der Waals surface area contributed by atoms with Gasteiger partial charge in [0.15, 0.2) is 6.29 Å². The summed E-state index contributed by atoms with van der Waals surface area (Å²) in [5.41, 5.74) is 2.31. The van der Waals surface area contributed by atoms with Crippen molar-refractivity contribution in [3.8, 4) is 0 Å². The summed E-state index contributed by atoms with van der Waals surface area (Å²) in [6, 6.07) is -0.900. The average molecular weight is 355 g/mol. The molecule has 0 aromatic rings. The summed E-state index contributed by atoms with van der Waals surface area (Å²) < 4.78 is 11.3. The first kappa shape index (κ1) is 20.1. The van der Waals surface area contributed by atoms with Crippen LogP contribution in [-0.4, -0.2) is 65.1 Å². The maximum atomic E-state index is 11.4. The van der Waals surface area contributed by atoms with Crippen LogP contribution in [0.2, 0.25) is 0 Å². The summed E-state index contributed by atoms with van der Waals surface area (Å²) in [6.07, 6.45) is 0.482. The van der Waals surface area contributed by atoms with E-state index in [1.165, 1.54) is 12.5 Å². The third kappa shape index (κ3) is 5.12. The Morgan fingerprint density at radius 3 is 2.64 bits per heavy atom. The summed E-state index contributed by atoms with van der Waals surface area (Å²) in [4.78, 5) is 11.4. The number of carbonyl (C=O) groups excluding carboxylic acids is 1. The van der Waals surface area contributed by atoms with Crippen LogP contribution in [0.5, 0.6) is 0 Å². The van der Waals surface area contributed by atoms with Gasteiger partial charge in [-0.25, -0.2) is 0 Å².